The number of nitrogens with one attached hydrogen (secondary N) is 1. The van der Waals surface area contributed by atoms with Gasteiger partial charge >= 0.3 is 0 Å². The van der Waals surface area contributed by atoms with Crippen molar-refractivity contribution in [1.29, 1.82) is 0 Å². The van der Waals surface area contributed by atoms with Crippen LogP contribution >= 0.6 is 11.3 Å². The summed E-state index contributed by atoms with van der Waals surface area (Å²) in [6, 6.07) is 4.73. The molecule has 112 valence electrons. The first kappa shape index (κ1) is 14.7. The minimum Gasteiger partial charge on any atom is -0.313 e. The molecular weight excluding hydrogens is 278 g/mol. The van der Waals surface area contributed by atoms with Crippen LogP contribution < -0.4 is 5.32 Å². The molecule has 3 rings (SSSR count). The number of thiazole rings is 1. The molecule has 0 amide bonds. The molecular formula is C17H23N3S. The van der Waals surface area contributed by atoms with Crippen molar-refractivity contribution in [1.82, 2.24) is 15.3 Å². The Bertz CT molecular complexity index is 593. The van der Waals surface area contributed by atoms with E-state index >= 15 is 0 Å². The van der Waals surface area contributed by atoms with E-state index in [1.165, 1.54) is 22.7 Å². The van der Waals surface area contributed by atoms with Gasteiger partial charge in [-0.3, -0.25) is 4.98 Å². The second kappa shape index (κ2) is 6.67. The molecule has 1 N–H and O–H groups in total. The van der Waals surface area contributed by atoms with Crippen LogP contribution in [0.3, 0.4) is 0 Å². The number of pyridine rings is 1. The lowest BCUT2D eigenvalue weighted by atomic mass is 9.94. The van der Waals surface area contributed by atoms with Crippen LogP contribution in [0.5, 0.6) is 0 Å². The zero-order chi connectivity index (χ0) is 14.7. The molecule has 4 heteroatoms. The third-order valence-corrected chi connectivity index (χ3v) is 5.19. The van der Waals surface area contributed by atoms with Gasteiger partial charge in [-0.25, -0.2) is 4.98 Å². The molecule has 0 radical (unpaired) electrons. The Balaban J connectivity index is 1.79. The molecule has 3 nitrogen and oxygen atoms in total. The van der Waals surface area contributed by atoms with Gasteiger partial charge in [0.05, 0.1) is 5.01 Å². The molecule has 0 bridgehead atoms. The highest BCUT2D eigenvalue weighted by molar-refractivity contribution is 7.09. The lowest BCUT2D eigenvalue weighted by Crippen LogP contribution is -2.37. The van der Waals surface area contributed by atoms with E-state index in [9.17, 15) is 0 Å². The average Bonchev–Trinajstić information content (AvgIpc) is 3.09. The van der Waals surface area contributed by atoms with Crippen LogP contribution in [0.25, 0.3) is 0 Å². The van der Waals surface area contributed by atoms with Gasteiger partial charge in [0.1, 0.15) is 0 Å². The Morgan fingerprint density at radius 3 is 3.14 bits per heavy atom. The molecule has 1 aliphatic rings. The molecule has 0 fully saturated rings. The normalized spacial score (nSPS) is 18.7. The third kappa shape index (κ3) is 3.33. The molecule has 0 aliphatic heterocycles. The summed E-state index contributed by atoms with van der Waals surface area (Å²) >= 11 is 1.78. The van der Waals surface area contributed by atoms with Gasteiger partial charge in [-0.2, -0.15) is 0 Å². The van der Waals surface area contributed by atoms with Crippen molar-refractivity contribution in [3.05, 3.63) is 45.7 Å². The first-order valence-corrected chi connectivity index (χ1v) is 8.74. The number of fused-ring (bicyclic) bond motifs is 1. The Hall–Kier alpha value is -1.26. The van der Waals surface area contributed by atoms with Crippen LogP contribution in [0, 0.1) is 6.92 Å². The highest BCUT2D eigenvalue weighted by Crippen LogP contribution is 2.35. The van der Waals surface area contributed by atoms with Crippen LogP contribution in [-0.2, 0) is 12.8 Å². The van der Waals surface area contributed by atoms with E-state index in [4.69, 9.17) is 0 Å². The van der Waals surface area contributed by atoms with Gasteiger partial charge in [-0.15, -0.1) is 11.3 Å². The SMILES string of the molecule is CCCNC(Cc1nc(C)cs1)C1CCc2cccnc21. The smallest absolute Gasteiger partial charge is 0.0943 e. The van der Waals surface area contributed by atoms with Gasteiger partial charge in [-0.1, -0.05) is 13.0 Å². The molecule has 0 saturated heterocycles. The number of hydrogen-bond donors (Lipinski definition) is 1. The fraction of sp³-hybridized carbons (Fsp3) is 0.529. The predicted octanol–water partition coefficient (Wildman–Crippen LogP) is 3.49. The monoisotopic (exact) mass is 301 g/mol. The van der Waals surface area contributed by atoms with E-state index in [0.717, 1.165) is 31.5 Å². The van der Waals surface area contributed by atoms with E-state index in [1.54, 1.807) is 11.3 Å². The van der Waals surface area contributed by atoms with Crippen LogP contribution in [0.15, 0.2) is 23.7 Å². The van der Waals surface area contributed by atoms with Crippen molar-refractivity contribution >= 4 is 11.3 Å². The molecule has 2 atom stereocenters. The summed E-state index contributed by atoms with van der Waals surface area (Å²) in [6.45, 7) is 5.35. The van der Waals surface area contributed by atoms with E-state index < -0.39 is 0 Å². The van der Waals surface area contributed by atoms with Gasteiger partial charge in [0.2, 0.25) is 0 Å². The van der Waals surface area contributed by atoms with Gasteiger partial charge < -0.3 is 5.32 Å². The van der Waals surface area contributed by atoms with Crippen molar-refractivity contribution in [2.45, 2.75) is 51.5 Å². The summed E-state index contributed by atoms with van der Waals surface area (Å²) in [5.74, 6) is 0.525. The van der Waals surface area contributed by atoms with Crippen LogP contribution in [0.2, 0.25) is 0 Å². The van der Waals surface area contributed by atoms with Crippen LogP contribution in [0.1, 0.15) is 47.6 Å². The lowest BCUT2D eigenvalue weighted by molar-refractivity contribution is 0.420. The Labute approximate surface area is 130 Å². The highest BCUT2D eigenvalue weighted by Gasteiger charge is 2.31. The number of aryl methyl sites for hydroxylation is 2. The number of hydrogen-bond acceptors (Lipinski definition) is 4. The highest BCUT2D eigenvalue weighted by atomic mass is 32.1. The van der Waals surface area contributed by atoms with Crippen molar-refractivity contribution in [2.75, 3.05) is 6.54 Å². The first-order valence-electron chi connectivity index (χ1n) is 7.86. The summed E-state index contributed by atoms with van der Waals surface area (Å²) in [7, 11) is 0. The van der Waals surface area contributed by atoms with Gasteiger partial charge in [0, 0.05) is 41.3 Å². The summed E-state index contributed by atoms with van der Waals surface area (Å²) in [6.07, 6.45) is 6.48. The minimum atomic E-state index is 0.451. The molecule has 2 aromatic heterocycles. The zero-order valence-corrected chi connectivity index (χ0v) is 13.6. The second-order valence-electron chi connectivity index (χ2n) is 5.84. The topological polar surface area (TPSA) is 37.8 Å². The fourth-order valence-electron chi connectivity index (χ4n) is 3.21. The summed E-state index contributed by atoms with van der Waals surface area (Å²) in [5.41, 5.74) is 3.87. The van der Waals surface area contributed by atoms with Crippen molar-refractivity contribution < 1.29 is 0 Å². The van der Waals surface area contributed by atoms with E-state index in [0.29, 0.717) is 12.0 Å². The average molecular weight is 301 g/mol. The van der Waals surface area contributed by atoms with E-state index in [2.05, 4.69) is 46.6 Å². The molecule has 2 heterocycles. The Morgan fingerprint density at radius 2 is 2.38 bits per heavy atom. The lowest BCUT2D eigenvalue weighted by Gasteiger charge is -2.24. The van der Waals surface area contributed by atoms with E-state index in [-0.39, 0.29) is 0 Å². The molecule has 0 aromatic carbocycles. The fourth-order valence-corrected chi connectivity index (χ4v) is 4.04. The first-order chi connectivity index (χ1) is 10.3. The maximum Gasteiger partial charge on any atom is 0.0943 e. The number of nitrogens with zero attached hydrogens (tertiary/aromatic N) is 2. The summed E-state index contributed by atoms with van der Waals surface area (Å²) in [5, 5.41) is 7.12. The largest absolute Gasteiger partial charge is 0.313 e. The molecule has 0 saturated carbocycles. The molecule has 21 heavy (non-hydrogen) atoms. The molecule has 2 unspecified atom stereocenters. The summed E-state index contributed by atoms with van der Waals surface area (Å²) in [4.78, 5) is 9.30. The standard InChI is InChI=1S/C17H23N3S/c1-3-8-18-15(10-16-20-12(2)11-21-16)14-7-6-13-5-4-9-19-17(13)14/h4-5,9,11,14-15,18H,3,6-8,10H2,1-2H3. The van der Waals surface area contributed by atoms with Crippen LogP contribution in [-0.4, -0.2) is 22.6 Å². The van der Waals surface area contributed by atoms with Crippen molar-refractivity contribution in [3.8, 4) is 0 Å². The zero-order valence-electron chi connectivity index (χ0n) is 12.8. The van der Waals surface area contributed by atoms with Gasteiger partial charge in [-0.05, 0) is 44.4 Å². The maximum absolute atomic E-state index is 4.66. The van der Waals surface area contributed by atoms with Crippen LogP contribution in [0.4, 0.5) is 0 Å². The molecule has 0 spiro atoms. The Kier molecular flexibility index (Phi) is 4.66. The number of aromatic nitrogens is 2. The van der Waals surface area contributed by atoms with Gasteiger partial charge in [0.15, 0.2) is 0 Å². The number of rotatable bonds is 6. The summed E-state index contributed by atoms with van der Waals surface area (Å²) < 4.78 is 0. The molecule has 1 aliphatic carbocycles. The molecule has 2 aromatic rings. The van der Waals surface area contributed by atoms with Crippen molar-refractivity contribution in [3.63, 3.8) is 0 Å². The second-order valence-corrected chi connectivity index (χ2v) is 6.78. The quantitative estimate of drug-likeness (QED) is 0.887. The third-order valence-electron chi connectivity index (χ3n) is 4.21. The van der Waals surface area contributed by atoms with E-state index in [1.807, 2.05) is 6.20 Å². The predicted molar refractivity (Wildman–Crippen MR) is 87.9 cm³/mol. The minimum absolute atomic E-state index is 0.451. The Morgan fingerprint density at radius 1 is 1.48 bits per heavy atom. The van der Waals surface area contributed by atoms with Crippen molar-refractivity contribution in [2.24, 2.45) is 0 Å². The van der Waals surface area contributed by atoms with Gasteiger partial charge in [0.25, 0.3) is 0 Å². The maximum atomic E-state index is 4.66.